The SMILES string of the molecule is CC[C@@H](N)c1ccc(Cl)cc1C(=O)O. The Balaban J connectivity index is 3.21. The molecule has 3 N–H and O–H groups in total. The molecule has 76 valence electrons. The van der Waals surface area contributed by atoms with Gasteiger partial charge in [0.05, 0.1) is 5.56 Å². The highest BCUT2D eigenvalue weighted by atomic mass is 35.5. The summed E-state index contributed by atoms with van der Waals surface area (Å²) in [5.41, 5.74) is 6.59. The molecule has 0 spiro atoms. The van der Waals surface area contributed by atoms with Gasteiger partial charge in [-0.25, -0.2) is 4.79 Å². The number of rotatable bonds is 3. The van der Waals surface area contributed by atoms with Crippen molar-refractivity contribution in [1.29, 1.82) is 0 Å². The van der Waals surface area contributed by atoms with Crippen LogP contribution in [0.5, 0.6) is 0 Å². The lowest BCUT2D eigenvalue weighted by Crippen LogP contribution is -2.13. The van der Waals surface area contributed by atoms with E-state index in [0.29, 0.717) is 17.0 Å². The van der Waals surface area contributed by atoms with Gasteiger partial charge in [0.2, 0.25) is 0 Å². The Morgan fingerprint density at radius 1 is 1.64 bits per heavy atom. The lowest BCUT2D eigenvalue weighted by Gasteiger charge is -2.12. The van der Waals surface area contributed by atoms with Gasteiger partial charge >= 0.3 is 5.97 Å². The number of nitrogens with two attached hydrogens (primary N) is 1. The summed E-state index contributed by atoms with van der Waals surface area (Å²) in [5, 5.41) is 9.33. The standard InChI is InChI=1S/C10H12ClNO2/c1-2-9(12)7-4-3-6(11)5-8(7)10(13)14/h3-5,9H,2,12H2,1H3,(H,13,14)/t9-/m1/s1. The Bertz CT molecular complexity index is 352. The molecule has 0 aliphatic carbocycles. The first-order chi connectivity index (χ1) is 6.56. The first kappa shape index (κ1) is 11.0. The molecular formula is C10H12ClNO2. The number of carboxylic acids is 1. The zero-order chi connectivity index (χ0) is 10.7. The second-order valence-corrected chi connectivity index (χ2v) is 3.49. The summed E-state index contributed by atoms with van der Waals surface area (Å²) < 4.78 is 0. The van der Waals surface area contributed by atoms with Crippen molar-refractivity contribution in [3.05, 3.63) is 34.3 Å². The molecule has 1 aromatic carbocycles. The minimum absolute atomic E-state index is 0.187. The molecule has 1 aromatic rings. The number of halogens is 1. The largest absolute Gasteiger partial charge is 0.478 e. The van der Waals surface area contributed by atoms with Crippen LogP contribution in [0.2, 0.25) is 5.02 Å². The predicted octanol–water partition coefficient (Wildman–Crippen LogP) is 2.45. The van der Waals surface area contributed by atoms with Gasteiger partial charge in [-0.2, -0.15) is 0 Å². The summed E-state index contributed by atoms with van der Waals surface area (Å²) >= 11 is 5.70. The van der Waals surface area contributed by atoms with Crippen LogP contribution in [0.4, 0.5) is 0 Å². The van der Waals surface area contributed by atoms with Crippen LogP contribution in [0.3, 0.4) is 0 Å². The normalized spacial score (nSPS) is 12.5. The van der Waals surface area contributed by atoms with Crippen molar-refractivity contribution >= 4 is 17.6 Å². The van der Waals surface area contributed by atoms with Crippen LogP contribution in [-0.2, 0) is 0 Å². The minimum Gasteiger partial charge on any atom is -0.478 e. The van der Waals surface area contributed by atoms with E-state index in [0.717, 1.165) is 0 Å². The first-order valence-corrected chi connectivity index (χ1v) is 4.72. The second-order valence-electron chi connectivity index (χ2n) is 3.05. The van der Waals surface area contributed by atoms with E-state index in [1.54, 1.807) is 12.1 Å². The maximum absolute atomic E-state index is 10.9. The summed E-state index contributed by atoms with van der Waals surface area (Å²) in [4.78, 5) is 10.9. The fourth-order valence-corrected chi connectivity index (χ4v) is 1.43. The fourth-order valence-electron chi connectivity index (χ4n) is 1.26. The van der Waals surface area contributed by atoms with Gasteiger partial charge in [0.15, 0.2) is 0 Å². The third-order valence-electron chi connectivity index (χ3n) is 2.09. The summed E-state index contributed by atoms with van der Waals surface area (Å²) in [6.07, 6.45) is 0.696. The average molecular weight is 214 g/mol. The van der Waals surface area contributed by atoms with Gasteiger partial charge in [0.1, 0.15) is 0 Å². The van der Waals surface area contributed by atoms with Gasteiger partial charge in [-0.15, -0.1) is 0 Å². The molecule has 14 heavy (non-hydrogen) atoms. The van der Waals surface area contributed by atoms with Crippen LogP contribution in [-0.4, -0.2) is 11.1 Å². The van der Waals surface area contributed by atoms with Crippen molar-refractivity contribution in [3.8, 4) is 0 Å². The van der Waals surface area contributed by atoms with E-state index in [4.69, 9.17) is 22.4 Å². The fraction of sp³-hybridized carbons (Fsp3) is 0.300. The molecule has 0 aliphatic rings. The molecule has 0 bridgehead atoms. The maximum atomic E-state index is 10.9. The van der Waals surface area contributed by atoms with E-state index in [9.17, 15) is 4.79 Å². The van der Waals surface area contributed by atoms with Gasteiger partial charge in [-0.1, -0.05) is 24.6 Å². The molecular weight excluding hydrogens is 202 g/mol. The number of hydrogen-bond acceptors (Lipinski definition) is 2. The zero-order valence-electron chi connectivity index (χ0n) is 7.83. The highest BCUT2D eigenvalue weighted by Crippen LogP contribution is 2.22. The van der Waals surface area contributed by atoms with Crippen LogP contribution in [0.15, 0.2) is 18.2 Å². The van der Waals surface area contributed by atoms with E-state index in [-0.39, 0.29) is 11.6 Å². The second kappa shape index (κ2) is 4.44. The molecule has 3 nitrogen and oxygen atoms in total. The van der Waals surface area contributed by atoms with Crippen LogP contribution < -0.4 is 5.73 Å². The predicted molar refractivity (Wildman–Crippen MR) is 55.6 cm³/mol. The molecule has 1 atom stereocenters. The van der Waals surface area contributed by atoms with E-state index in [1.165, 1.54) is 6.07 Å². The summed E-state index contributed by atoms with van der Waals surface area (Å²) in [6, 6.07) is 4.49. The molecule has 0 amide bonds. The highest BCUT2D eigenvalue weighted by Gasteiger charge is 2.14. The van der Waals surface area contributed by atoms with Gasteiger partial charge in [-0.3, -0.25) is 0 Å². The van der Waals surface area contributed by atoms with Crippen molar-refractivity contribution in [1.82, 2.24) is 0 Å². The molecule has 0 aliphatic heterocycles. The molecule has 0 unspecified atom stereocenters. The molecule has 0 saturated carbocycles. The Kier molecular flexibility index (Phi) is 3.49. The molecule has 0 fully saturated rings. The zero-order valence-corrected chi connectivity index (χ0v) is 8.58. The van der Waals surface area contributed by atoms with Crippen LogP contribution in [0, 0.1) is 0 Å². The van der Waals surface area contributed by atoms with Crippen molar-refractivity contribution < 1.29 is 9.90 Å². The lowest BCUT2D eigenvalue weighted by molar-refractivity contribution is 0.0695. The first-order valence-electron chi connectivity index (χ1n) is 4.34. The summed E-state index contributed by atoms with van der Waals surface area (Å²) in [5.74, 6) is -0.994. The van der Waals surface area contributed by atoms with Gasteiger partial charge in [0, 0.05) is 11.1 Å². The molecule has 1 rings (SSSR count). The highest BCUT2D eigenvalue weighted by molar-refractivity contribution is 6.30. The van der Waals surface area contributed by atoms with E-state index < -0.39 is 5.97 Å². The van der Waals surface area contributed by atoms with Gasteiger partial charge < -0.3 is 10.8 Å². The Morgan fingerprint density at radius 2 is 2.29 bits per heavy atom. The molecule has 0 saturated heterocycles. The van der Waals surface area contributed by atoms with Crippen molar-refractivity contribution in [2.75, 3.05) is 0 Å². The van der Waals surface area contributed by atoms with Crippen molar-refractivity contribution in [3.63, 3.8) is 0 Å². The quantitative estimate of drug-likeness (QED) is 0.811. The van der Waals surface area contributed by atoms with Crippen LogP contribution in [0.25, 0.3) is 0 Å². The number of hydrogen-bond donors (Lipinski definition) is 2. The Labute approximate surface area is 87.5 Å². The van der Waals surface area contributed by atoms with Crippen molar-refractivity contribution in [2.45, 2.75) is 19.4 Å². The number of carboxylic acid groups (broad SMARTS) is 1. The molecule has 0 radical (unpaired) electrons. The van der Waals surface area contributed by atoms with E-state index >= 15 is 0 Å². The minimum atomic E-state index is -0.994. The van der Waals surface area contributed by atoms with E-state index in [1.807, 2.05) is 6.92 Å². The summed E-state index contributed by atoms with van der Waals surface area (Å²) in [7, 11) is 0. The lowest BCUT2D eigenvalue weighted by atomic mass is 9.99. The van der Waals surface area contributed by atoms with E-state index in [2.05, 4.69) is 0 Å². The van der Waals surface area contributed by atoms with Gasteiger partial charge in [0.25, 0.3) is 0 Å². The third kappa shape index (κ3) is 2.25. The van der Waals surface area contributed by atoms with Crippen LogP contribution in [0.1, 0.15) is 35.3 Å². The maximum Gasteiger partial charge on any atom is 0.336 e. The molecule has 4 heteroatoms. The number of aromatic carboxylic acids is 1. The monoisotopic (exact) mass is 213 g/mol. The molecule has 0 heterocycles. The molecule has 0 aromatic heterocycles. The number of carbonyl (C=O) groups is 1. The summed E-state index contributed by atoms with van der Waals surface area (Å²) in [6.45, 7) is 1.91. The van der Waals surface area contributed by atoms with Crippen molar-refractivity contribution in [2.24, 2.45) is 5.73 Å². The number of benzene rings is 1. The van der Waals surface area contributed by atoms with Crippen LogP contribution >= 0.6 is 11.6 Å². The average Bonchev–Trinajstić information content (AvgIpc) is 2.16. The smallest absolute Gasteiger partial charge is 0.336 e. The van der Waals surface area contributed by atoms with Gasteiger partial charge in [-0.05, 0) is 24.1 Å². The Hall–Kier alpha value is -1.06. The Morgan fingerprint density at radius 3 is 2.79 bits per heavy atom. The third-order valence-corrected chi connectivity index (χ3v) is 2.32. The topological polar surface area (TPSA) is 63.3 Å².